The fourth-order valence-corrected chi connectivity index (χ4v) is 1.63. The number of aromatic nitrogens is 4. The molecule has 0 saturated carbocycles. The predicted molar refractivity (Wildman–Crippen MR) is 70.4 cm³/mol. The smallest absolute Gasteiger partial charge is 0.151 e. The molecule has 0 amide bonds. The van der Waals surface area contributed by atoms with Crippen molar-refractivity contribution in [3.8, 4) is 0 Å². The average molecular weight is 256 g/mol. The maximum Gasteiger partial charge on any atom is 0.151 e. The first-order chi connectivity index (χ1) is 7.69. The minimum Gasteiger partial charge on any atom is -0.363 e. The first-order valence-electron chi connectivity index (χ1n) is 5.45. The molecule has 0 spiro atoms. The van der Waals surface area contributed by atoms with E-state index in [9.17, 15) is 0 Å². The highest BCUT2D eigenvalue weighted by Crippen LogP contribution is 2.11. The molecule has 0 aliphatic rings. The van der Waals surface area contributed by atoms with Crippen LogP contribution in [0.2, 0.25) is 0 Å². The molecule has 0 bridgehead atoms. The summed E-state index contributed by atoms with van der Waals surface area (Å²) in [5, 5.41) is 12.0. The number of hydrogen-bond acceptors (Lipinski definition) is 3. The summed E-state index contributed by atoms with van der Waals surface area (Å²) >= 11 is 0. The number of anilines is 1. The molecule has 0 saturated heterocycles. The Hall–Kier alpha value is -1.49. The minimum atomic E-state index is 0. The van der Waals surface area contributed by atoms with Crippen LogP contribution in [0.15, 0.2) is 18.5 Å². The summed E-state index contributed by atoms with van der Waals surface area (Å²) in [7, 11) is 1.92. The normalized spacial score (nSPS) is 10.1. The standard InChI is InChI=1S/C11H17N5.ClH/c1-4-16-6-5-10(13-16)7-12-11-9(2)8-15(3)14-11;/h5-6,8H,4,7H2,1-3H3,(H,12,14);1H. The van der Waals surface area contributed by atoms with Crippen molar-refractivity contribution in [2.75, 3.05) is 5.32 Å². The molecule has 0 radical (unpaired) electrons. The summed E-state index contributed by atoms with van der Waals surface area (Å²) in [5.41, 5.74) is 2.18. The molecule has 0 fully saturated rings. The van der Waals surface area contributed by atoms with Gasteiger partial charge in [0.2, 0.25) is 0 Å². The van der Waals surface area contributed by atoms with Gasteiger partial charge in [0.1, 0.15) is 0 Å². The Morgan fingerprint density at radius 2 is 2.12 bits per heavy atom. The van der Waals surface area contributed by atoms with E-state index in [1.165, 1.54) is 0 Å². The third-order valence-electron chi connectivity index (χ3n) is 2.47. The third kappa shape index (κ3) is 3.23. The zero-order valence-corrected chi connectivity index (χ0v) is 11.2. The summed E-state index contributed by atoms with van der Waals surface area (Å²) in [6.45, 7) is 5.74. The van der Waals surface area contributed by atoms with Gasteiger partial charge in [-0.05, 0) is 19.9 Å². The highest BCUT2D eigenvalue weighted by Gasteiger charge is 2.03. The zero-order valence-electron chi connectivity index (χ0n) is 10.3. The van der Waals surface area contributed by atoms with Crippen molar-refractivity contribution in [3.05, 3.63) is 29.7 Å². The van der Waals surface area contributed by atoms with Gasteiger partial charge in [0.05, 0.1) is 12.2 Å². The number of halogens is 1. The van der Waals surface area contributed by atoms with Crippen molar-refractivity contribution in [2.45, 2.75) is 26.9 Å². The van der Waals surface area contributed by atoms with Crippen LogP contribution in [-0.2, 0) is 20.1 Å². The van der Waals surface area contributed by atoms with E-state index in [0.717, 1.165) is 23.6 Å². The molecular formula is C11H18ClN5. The van der Waals surface area contributed by atoms with E-state index in [4.69, 9.17) is 0 Å². The van der Waals surface area contributed by atoms with Crippen LogP contribution < -0.4 is 5.32 Å². The Morgan fingerprint density at radius 3 is 2.65 bits per heavy atom. The fraction of sp³-hybridized carbons (Fsp3) is 0.455. The molecular weight excluding hydrogens is 238 g/mol. The molecule has 17 heavy (non-hydrogen) atoms. The lowest BCUT2D eigenvalue weighted by Crippen LogP contribution is -2.03. The summed E-state index contributed by atoms with van der Waals surface area (Å²) in [6, 6.07) is 2.02. The SMILES string of the molecule is CCn1ccc(CNc2nn(C)cc2C)n1.Cl. The molecule has 0 aliphatic carbocycles. The third-order valence-corrected chi connectivity index (χ3v) is 2.47. The summed E-state index contributed by atoms with van der Waals surface area (Å²) in [4.78, 5) is 0. The van der Waals surface area contributed by atoms with E-state index >= 15 is 0 Å². The molecule has 0 atom stereocenters. The number of nitrogens with one attached hydrogen (secondary N) is 1. The van der Waals surface area contributed by atoms with E-state index in [0.29, 0.717) is 6.54 Å². The van der Waals surface area contributed by atoms with Gasteiger partial charge in [-0.15, -0.1) is 12.4 Å². The average Bonchev–Trinajstić information content (AvgIpc) is 2.82. The maximum absolute atomic E-state index is 4.40. The molecule has 0 unspecified atom stereocenters. The molecule has 6 heteroatoms. The van der Waals surface area contributed by atoms with Gasteiger partial charge < -0.3 is 5.32 Å². The molecule has 5 nitrogen and oxygen atoms in total. The highest BCUT2D eigenvalue weighted by molar-refractivity contribution is 5.85. The van der Waals surface area contributed by atoms with E-state index in [1.807, 2.05) is 41.8 Å². The van der Waals surface area contributed by atoms with Crippen molar-refractivity contribution >= 4 is 18.2 Å². The van der Waals surface area contributed by atoms with Crippen LogP contribution in [0, 0.1) is 6.92 Å². The second kappa shape index (κ2) is 5.72. The Balaban J connectivity index is 0.00000144. The van der Waals surface area contributed by atoms with Crippen molar-refractivity contribution in [3.63, 3.8) is 0 Å². The van der Waals surface area contributed by atoms with Gasteiger partial charge in [-0.1, -0.05) is 0 Å². The second-order valence-corrected chi connectivity index (χ2v) is 3.85. The number of rotatable bonds is 4. The van der Waals surface area contributed by atoms with Gasteiger partial charge in [0.25, 0.3) is 0 Å². The van der Waals surface area contributed by atoms with Gasteiger partial charge in [0.15, 0.2) is 5.82 Å². The Bertz CT molecular complexity index is 474. The largest absolute Gasteiger partial charge is 0.363 e. The molecule has 1 N–H and O–H groups in total. The first-order valence-corrected chi connectivity index (χ1v) is 5.45. The fourth-order valence-electron chi connectivity index (χ4n) is 1.63. The molecule has 2 heterocycles. The van der Waals surface area contributed by atoms with Gasteiger partial charge >= 0.3 is 0 Å². The second-order valence-electron chi connectivity index (χ2n) is 3.85. The molecule has 0 aliphatic heterocycles. The lowest BCUT2D eigenvalue weighted by atomic mass is 10.3. The lowest BCUT2D eigenvalue weighted by molar-refractivity contribution is 0.648. The topological polar surface area (TPSA) is 47.7 Å². The number of hydrogen-bond donors (Lipinski definition) is 1. The van der Waals surface area contributed by atoms with Crippen molar-refractivity contribution < 1.29 is 0 Å². The highest BCUT2D eigenvalue weighted by atomic mass is 35.5. The van der Waals surface area contributed by atoms with E-state index in [2.05, 4.69) is 22.4 Å². The first kappa shape index (κ1) is 13.6. The van der Waals surface area contributed by atoms with Crippen molar-refractivity contribution in [1.29, 1.82) is 0 Å². The monoisotopic (exact) mass is 255 g/mol. The molecule has 0 aromatic carbocycles. The van der Waals surface area contributed by atoms with E-state index < -0.39 is 0 Å². The Kier molecular flexibility index (Phi) is 4.57. The summed E-state index contributed by atoms with van der Waals surface area (Å²) in [5.74, 6) is 0.925. The van der Waals surface area contributed by atoms with Crippen LogP contribution in [0.1, 0.15) is 18.2 Å². The zero-order chi connectivity index (χ0) is 11.5. The van der Waals surface area contributed by atoms with E-state index in [-0.39, 0.29) is 12.4 Å². The lowest BCUT2D eigenvalue weighted by Gasteiger charge is -2.01. The van der Waals surface area contributed by atoms with Crippen molar-refractivity contribution in [2.24, 2.45) is 7.05 Å². The maximum atomic E-state index is 4.40. The quantitative estimate of drug-likeness (QED) is 0.909. The van der Waals surface area contributed by atoms with Gasteiger partial charge in [-0.3, -0.25) is 9.36 Å². The number of nitrogens with zero attached hydrogens (tertiary/aromatic N) is 4. The molecule has 2 rings (SSSR count). The van der Waals surface area contributed by atoms with E-state index in [1.54, 1.807) is 0 Å². The van der Waals surface area contributed by atoms with Crippen LogP contribution in [0.5, 0.6) is 0 Å². The predicted octanol–water partition coefficient (Wildman–Crippen LogP) is 1.98. The van der Waals surface area contributed by atoms with Crippen LogP contribution in [0.25, 0.3) is 0 Å². The van der Waals surface area contributed by atoms with Crippen LogP contribution >= 0.6 is 12.4 Å². The Morgan fingerprint density at radius 1 is 1.35 bits per heavy atom. The molecule has 2 aromatic rings. The van der Waals surface area contributed by atoms with Gasteiger partial charge in [-0.25, -0.2) is 0 Å². The van der Waals surface area contributed by atoms with Crippen LogP contribution in [0.3, 0.4) is 0 Å². The minimum absolute atomic E-state index is 0. The summed E-state index contributed by atoms with van der Waals surface area (Å²) in [6.07, 6.45) is 3.98. The van der Waals surface area contributed by atoms with Gasteiger partial charge in [0, 0.05) is 31.5 Å². The Labute approximate surface area is 107 Å². The van der Waals surface area contributed by atoms with Crippen molar-refractivity contribution in [1.82, 2.24) is 19.6 Å². The van der Waals surface area contributed by atoms with Gasteiger partial charge in [-0.2, -0.15) is 10.2 Å². The molecule has 94 valence electrons. The summed E-state index contributed by atoms with van der Waals surface area (Å²) < 4.78 is 3.73. The van der Waals surface area contributed by atoms with Crippen LogP contribution in [-0.4, -0.2) is 19.6 Å². The number of aryl methyl sites for hydroxylation is 3. The molecule has 2 aromatic heterocycles. The van der Waals surface area contributed by atoms with Crippen LogP contribution in [0.4, 0.5) is 5.82 Å².